The molecule has 0 heterocycles. The molecule has 0 radical (unpaired) electrons. The first-order valence-electron chi connectivity index (χ1n) is 7.13. The van der Waals surface area contributed by atoms with Crippen molar-refractivity contribution in [3.8, 4) is 0 Å². The van der Waals surface area contributed by atoms with Gasteiger partial charge in [-0.2, -0.15) is 0 Å². The number of hydrogen-bond acceptors (Lipinski definition) is 5. The van der Waals surface area contributed by atoms with E-state index < -0.39 is 11.9 Å². The van der Waals surface area contributed by atoms with Gasteiger partial charge in [0.1, 0.15) is 0 Å². The summed E-state index contributed by atoms with van der Waals surface area (Å²) in [6.07, 6.45) is 3.92. The van der Waals surface area contributed by atoms with E-state index in [9.17, 15) is 14.4 Å². The predicted molar refractivity (Wildman–Crippen MR) is 76.7 cm³/mol. The van der Waals surface area contributed by atoms with Crippen molar-refractivity contribution in [3.05, 3.63) is 12.2 Å². The van der Waals surface area contributed by atoms with Gasteiger partial charge in [-0.15, -0.1) is 0 Å². The number of ether oxygens (including phenoxy) is 2. The highest BCUT2D eigenvalue weighted by Gasteiger charge is 2.05. The third-order valence-corrected chi connectivity index (χ3v) is 2.65. The Bertz CT molecular complexity index is 361. The summed E-state index contributed by atoms with van der Waals surface area (Å²) in [5.41, 5.74) is 0.342. The summed E-state index contributed by atoms with van der Waals surface area (Å²) in [6, 6.07) is 0. The number of carboxylic acids is 1. The van der Waals surface area contributed by atoms with E-state index in [0.717, 1.165) is 12.8 Å². The standard InChI is InChI=1S/C15H24O6/c1-12(2)15(19)21-11-7-10-20-14(18)9-6-4-3-5-8-13(16)17/h1,3-11H2,2H3,(H,16,17). The van der Waals surface area contributed by atoms with Crippen molar-refractivity contribution in [1.82, 2.24) is 0 Å². The van der Waals surface area contributed by atoms with Crippen LogP contribution in [-0.2, 0) is 23.9 Å². The second-order valence-corrected chi connectivity index (χ2v) is 4.80. The number of esters is 2. The van der Waals surface area contributed by atoms with Gasteiger partial charge in [0.2, 0.25) is 0 Å². The van der Waals surface area contributed by atoms with Crippen LogP contribution in [0.25, 0.3) is 0 Å². The van der Waals surface area contributed by atoms with E-state index in [1.165, 1.54) is 0 Å². The van der Waals surface area contributed by atoms with Gasteiger partial charge in [-0.1, -0.05) is 19.4 Å². The minimum atomic E-state index is -0.790. The van der Waals surface area contributed by atoms with Gasteiger partial charge in [-0.3, -0.25) is 9.59 Å². The summed E-state index contributed by atoms with van der Waals surface area (Å²) in [7, 11) is 0. The van der Waals surface area contributed by atoms with Gasteiger partial charge in [-0.25, -0.2) is 4.79 Å². The van der Waals surface area contributed by atoms with Crippen molar-refractivity contribution in [3.63, 3.8) is 0 Å². The highest BCUT2D eigenvalue weighted by Crippen LogP contribution is 2.06. The Labute approximate surface area is 125 Å². The summed E-state index contributed by atoms with van der Waals surface area (Å²) in [4.78, 5) is 32.7. The molecule has 0 spiro atoms. The normalized spacial score (nSPS) is 9.95. The Balaban J connectivity index is 3.37. The van der Waals surface area contributed by atoms with Crippen LogP contribution in [0, 0.1) is 0 Å². The minimum absolute atomic E-state index is 0.174. The van der Waals surface area contributed by atoms with Gasteiger partial charge in [0, 0.05) is 24.8 Å². The van der Waals surface area contributed by atoms with Gasteiger partial charge < -0.3 is 14.6 Å². The highest BCUT2D eigenvalue weighted by molar-refractivity contribution is 5.86. The summed E-state index contributed by atoms with van der Waals surface area (Å²) in [6.45, 7) is 5.45. The lowest BCUT2D eigenvalue weighted by Gasteiger charge is -2.06. The van der Waals surface area contributed by atoms with E-state index in [1.54, 1.807) is 6.92 Å². The van der Waals surface area contributed by atoms with Crippen molar-refractivity contribution in [2.45, 2.75) is 51.9 Å². The van der Waals surface area contributed by atoms with E-state index in [2.05, 4.69) is 6.58 Å². The Hall–Kier alpha value is -1.85. The van der Waals surface area contributed by atoms with Crippen molar-refractivity contribution in [2.75, 3.05) is 13.2 Å². The molecule has 0 unspecified atom stereocenters. The maximum Gasteiger partial charge on any atom is 0.333 e. The molecule has 0 fully saturated rings. The fourth-order valence-electron chi connectivity index (χ4n) is 1.50. The van der Waals surface area contributed by atoms with Crippen LogP contribution in [0.4, 0.5) is 0 Å². The van der Waals surface area contributed by atoms with Crippen molar-refractivity contribution >= 4 is 17.9 Å². The van der Waals surface area contributed by atoms with Crippen molar-refractivity contribution in [2.24, 2.45) is 0 Å². The molecule has 0 aliphatic rings. The largest absolute Gasteiger partial charge is 0.481 e. The lowest BCUT2D eigenvalue weighted by atomic mass is 10.1. The topological polar surface area (TPSA) is 89.9 Å². The lowest BCUT2D eigenvalue weighted by molar-refractivity contribution is -0.145. The molecule has 1 N–H and O–H groups in total. The zero-order valence-corrected chi connectivity index (χ0v) is 12.6. The molecule has 6 nitrogen and oxygen atoms in total. The molecule has 120 valence electrons. The Kier molecular flexibility index (Phi) is 10.9. The van der Waals surface area contributed by atoms with E-state index in [-0.39, 0.29) is 25.6 Å². The maximum absolute atomic E-state index is 11.4. The SMILES string of the molecule is C=C(C)C(=O)OCCCOC(=O)CCCCCCC(=O)O. The zero-order valence-electron chi connectivity index (χ0n) is 12.6. The van der Waals surface area contributed by atoms with Crippen LogP contribution in [-0.4, -0.2) is 36.2 Å². The minimum Gasteiger partial charge on any atom is -0.481 e. The van der Waals surface area contributed by atoms with Gasteiger partial charge in [-0.05, 0) is 19.8 Å². The molecule has 0 aliphatic carbocycles. The molecule has 0 rings (SSSR count). The molecule has 0 aromatic carbocycles. The van der Waals surface area contributed by atoms with E-state index in [0.29, 0.717) is 31.3 Å². The van der Waals surface area contributed by atoms with E-state index in [1.807, 2.05) is 0 Å². The quantitative estimate of drug-likeness (QED) is 0.338. The van der Waals surface area contributed by atoms with Gasteiger partial charge in [0.05, 0.1) is 13.2 Å². The molecule has 0 amide bonds. The van der Waals surface area contributed by atoms with Crippen molar-refractivity contribution in [1.29, 1.82) is 0 Å². The monoisotopic (exact) mass is 300 g/mol. The average molecular weight is 300 g/mol. The Morgan fingerprint density at radius 2 is 1.48 bits per heavy atom. The highest BCUT2D eigenvalue weighted by atomic mass is 16.5. The third-order valence-electron chi connectivity index (χ3n) is 2.65. The van der Waals surface area contributed by atoms with Crippen LogP contribution in [0.3, 0.4) is 0 Å². The molecule has 0 bridgehead atoms. The summed E-state index contributed by atoms with van der Waals surface area (Å²) < 4.78 is 9.83. The molecule has 6 heteroatoms. The number of aliphatic carboxylic acids is 1. The van der Waals surface area contributed by atoms with Crippen LogP contribution in [0.15, 0.2) is 12.2 Å². The smallest absolute Gasteiger partial charge is 0.333 e. The fraction of sp³-hybridized carbons (Fsp3) is 0.667. The molecular formula is C15H24O6. The number of carbonyl (C=O) groups is 3. The molecule has 0 saturated heterocycles. The predicted octanol–water partition coefficient (Wildman–Crippen LogP) is 2.46. The molecule has 0 aliphatic heterocycles. The summed E-state index contributed by atoms with van der Waals surface area (Å²) in [5, 5.41) is 8.45. The number of carbonyl (C=O) groups excluding carboxylic acids is 2. The van der Waals surface area contributed by atoms with Crippen LogP contribution in [0.2, 0.25) is 0 Å². The number of rotatable bonds is 12. The zero-order chi connectivity index (χ0) is 16.1. The van der Waals surface area contributed by atoms with Gasteiger partial charge in [0.25, 0.3) is 0 Å². The third kappa shape index (κ3) is 12.9. The van der Waals surface area contributed by atoms with Crippen LogP contribution in [0.1, 0.15) is 51.9 Å². The first-order chi connectivity index (χ1) is 9.93. The summed E-state index contributed by atoms with van der Waals surface area (Å²) >= 11 is 0. The molecule has 0 aromatic rings. The Morgan fingerprint density at radius 3 is 2.05 bits per heavy atom. The average Bonchev–Trinajstić information content (AvgIpc) is 2.41. The summed E-state index contributed by atoms with van der Waals surface area (Å²) in [5.74, 6) is -1.51. The first kappa shape index (κ1) is 19.1. The maximum atomic E-state index is 11.4. The molecule has 0 aromatic heterocycles. The number of hydrogen-bond donors (Lipinski definition) is 1. The van der Waals surface area contributed by atoms with Crippen LogP contribution in [0.5, 0.6) is 0 Å². The van der Waals surface area contributed by atoms with E-state index in [4.69, 9.17) is 14.6 Å². The number of carboxylic acid groups (broad SMARTS) is 1. The molecule has 0 atom stereocenters. The first-order valence-corrected chi connectivity index (χ1v) is 7.13. The van der Waals surface area contributed by atoms with Gasteiger partial charge >= 0.3 is 17.9 Å². The molecule has 0 saturated carbocycles. The van der Waals surface area contributed by atoms with Crippen LogP contribution < -0.4 is 0 Å². The van der Waals surface area contributed by atoms with Crippen molar-refractivity contribution < 1.29 is 29.0 Å². The number of unbranched alkanes of at least 4 members (excludes halogenated alkanes) is 3. The Morgan fingerprint density at radius 1 is 0.905 bits per heavy atom. The second-order valence-electron chi connectivity index (χ2n) is 4.80. The fourth-order valence-corrected chi connectivity index (χ4v) is 1.50. The van der Waals surface area contributed by atoms with Crippen LogP contribution >= 0.6 is 0 Å². The molecule has 21 heavy (non-hydrogen) atoms. The van der Waals surface area contributed by atoms with E-state index >= 15 is 0 Å². The van der Waals surface area contributed by atoms with Gasteiger partial charge in [0.15, 0.2) is 0 Å². The lowest BCUT2D eigenvalue weighted by Crippen LogP contribution is -2.10. The molecular weight excluding hydrogens is 276 g/mol. The second kappa shape index (κ2) is 11.9.